The molecule has 5 rings (SSSR count). The Labute approximate surface area is 346 Å². The first kappa shape index (κ1) is 43.6. The van der Waals surface area contributed by atoms with Crippen molar-refractivity contribution in [2.45, 2.75) is 57.2 Å². The van der Waals surface area contributed by atoms with Crippen LogP contribution < -0.4 is 20.7 Å². The van der Waals surface area contributed by atoms with E-state index in [1.54, 1.807) is 12.1 Å². The summed E-state index contributed by atoms with van der Waals surface area (Å²) in [7, 11) is 0. The zero-order chi connectivity index (χ0) is 41.8. The highest BCUT2D eigenvalue weighted by Crippen LogP contribution is 2.21. The molecule has 4 N–H and O–H groups in total. The summed E-state index contributed by atoms with van der Waals surface area (Å²) in [6.45, 7) is 7.24. The van der Waals surface area contributed by atoms with Gasteiger partial charge < -0.3 is 30.5 Å². The van der Waals surface area contributed by atoms with Gasteiger partial charge in [-0.3, -0.25) is 19.2 Å². The maximum atomic E-state index is 13.9. The van der Waals surface area contributed by atoms with Gasteiger partial charge in [-0.15, -0.1) is 13.2 Å². The van der Waals surface area contributed by atoms with Crippen LogP contribution in [0.15, 0.2) is 153 Å². The van der Waals surface area contributed by atoms with Crippen LogP contribution in [0.4, 0.5) is 5.69 Å². The molecule has 10 nitrogen and oxygen atoms in total. The van der Waals surface area contributed by atoms with Crippen molar-refractivity contribution in [2.75, 3.05) is 18.5 Å². The molecule has 0 aliphatic carbocycles. The summed E-state index contributed by atoms with van der Waals surface area (Å²) in [5.74, 6) is -2.85. The number of rotatable bonds is 23. The second-order valence-electron chi connectivity index (χ2n) is 14.5. The number of aliphatic hydroxyl groups is 1. The number of anilines is 1. The minimum Gasteiger partial charge on any atom is -0.489 e. The molecule has 4 atom stereocenters. The van der Waals surface area contributed by atoms with E-state index in [0.29, 0.717) is 43.7 Å². The molecule has 0 saturated heterocycles. The van der Waals surface area contributed by atoms with Gasteiger partial charge in [0.25, 0.3) is 5.91 Å². The number of fused-ring (bicyclic) bond motifs is 1. The molecule has 0 spiro atoms. The van der Waals surface area contributed by atoms with Gasteiger partial charge in [-0.25, -0.2) is 0 Å². The number of hydrogen-bond donors (Lipinski definition) is 4. The number of ether oxygens (including phenoxy) is 2. The van der Waals surface area contributed by atoms with E-state index in [-0.39, 0.29) is 19.4 Å². The molecule has 0 heterocycles. The van der Waals surface area contributed by atoms with E-state index in [1.165, 1.54) is 6.08 Å². The highest BCUT2D eigenvalue weighted by Gasteiger charge is 2.30. The molecule has 0 bridgehead atoms. The largest absolute Gasteiger partial charge is 0.489 e. The van der Waals surface area contributed by atoms with E-state index < -0.39 is 54.2 Å². The maximum Gasteiger partial charge on any atom is 0.309 e. The third-order valence-corrected chi connectivity index (χ3v) is 9.91. The van der Waals surface area contributed by atoms with Crippen molar-refractivity contribution in [3.63, 3.8) is 0 Å². The Morgan fingerprint density at radius 2 is 1.34 bits per heavy atom. The molecule has 0 aliphatic rings. The van der Waals surface area contributed by atoms with Gasteiger partial charge in [0, 0.05) is 12.1 Å². The van der Waals surface area contributed by atoms with Crippen LogP contribution in [-0.4, -0.2) is 54.1 Å². The van der Waals surface area contributed by atoms with Gasteiger partial charge in [-0.05, 0) is 83.8 Å². The first-order chi connectivity index (χ1) is 28.7. The summed E-state index contributed by atoms with van der Waals surface area (Å²) in [5.41, 5.74) is 3.39. The molecule has 0 fully saturated rings. The van der Waals surface area contributed by atoms with Crippen LogP contribution in [0.3, 0.4) is 0 Å². The third-order valence-electron chi connectivity index (χ3n) is 9.91. The molecule has 10 heteroatoms. The van der Waals surface area contributed by atoms with Crippen molar-refractivity contribution in [3.8, 4) is 5.75 Å². The SMILES string of the molecule is C=CCC[C@H](Cc1ccccc1)C(=O)OC[C@H](NC(=O)[C@@H](CC=C)CC(=O)N[C@H](CO)Cc1ccc(OCc2ccccc2)cc1)C(=O)Nc1ccc2ccccc2c1. The van der Waals surface area contributed by atoms with Gasteiger partial charge in [0.05, 0.1) is 24.5 Å². The number of nitrogens with one attached hydrogen (secondary N) is 3. The molecule has 59 heavy (non-hydrogen) atoms. The molecule has 0 radical (unpaired) electrons. The highest BCUT2D eigenvalue weighted by molar-refractivity contribution is 5.99. The number of carbonyl (C=O) groups excluding carboxylic acids is 4. The molecule has 5 aromatic rings. The van der Waals surface area contributed by atoms with Gasteiger partial charge in [0.1, 0.15) is 25.0 Å². The Bertz CT molecular complexity index is 2140. The quantitative estimate of drug-likeness (QED) is 0.0396. The molecular weight excluding hydrogens is 743 g/mol. The monoisotopic (exact) mass is 795 g/mol. The average Bonchev–Trinajstić information content (AvgIpc) is 3.26. The number of amides is 3. The average molecular weight is 796 g/mol. The Morgan fingerprint density at radius 1 is 0.678 bits per heavy atom. The predicted molar refractivity (Wildman–Crippen MR) is 231 cm³/mol. The normalized spacial score (nSPS) is 12.9. The van der Waals surface area contributed by atoms with Gasteiger partial charge in [-0.1, -0.05) is 115 Å². The predicted octanol–water partition coefficient (Wildman–Crippen LogP) is 7.51. The lowest BCUT2D eigenvalue weighted by molar-refractivity contribution is -0.150. The van der Waals surface area contributed by atoms with Gasteiger partial charge >= 0.3 is 5.97 Å². The topological polar surface area (TPSA) is 143 Å². The van der Waals surface area contributed by atoms with Crippen LogP contribution in [0.5, 0.6) is 5.75 Å². The van der Waals surface area contributed by atoms with Gasteiger partial charge in [0.15, 0.2) is 0 Å². The molecular formula is C49H53N3O7. The number of carbonyl (C=O) groups is 4. The smallest absolute Gasteiger partial charge is 0.309 e. The van der Waals surface area contributed by atoms with Gasteiger partial charge in [0.2, 0.25) is 11.8 Å². The summed E-state index contributed by atoms with van der Waals surface area (Å²) >= 11 is 0. The van der Waals surface area contributed by atoms with Crippen LogP contribution in [0.25, 0.3) is 10.8 Å². The van der Waals surface area contributed by atoms with Crippen molar-refractivity contribution >= 4 is 40.2 Å². The molecule has 0 saturated carbocycles. The minimum absolute atomic E-state index is 0.132. The van der Waals surface area contributed by atoms with Crippen molar-refractivity contribution in [3.05, 3.63) is 169 Å². The summed E-state index contributed by atoms with van der Waals surface area (Å²) in [6.07, 6.45) is 5.04. The van der Waals surface area contributed by atoms with Crippen molar-refractivity contribution in [1.82, 2.24) is 10.6 Å². The second-order valence-corrected chi connectivity index (χ2v) is 14.5. The summed E-state index contributed by atoms with van der Waals surface area (Å²) in [4.78, 5) is 54.6. The van der Waals surface area contributed by atoms with Crippen LogP contribution in [0.1, 0.15) is 42.4 Å². The molecule has 5 aromatic carbocycles. The van der Waals surface area contributed by atoms with Crippen LogP contribution in [0.2, 0.25) is 0 Å². The second kappa shape index (κ2) is 23.0. The summed E-state index contributed by atoms with van der Waals surface area (Å²) in [6, 6.07) is 38.1. The fourth-order valence-corrected chi connectivity index (χ4v) is 6.68. The molecule has 0 aromatic heterocycles. The minimum atomic E-state index is -1.28. The number of aliphatic hydroxyl groups excluding tert-OH is 1. The molecule has 306 valence electrons. The number of hydrogen-bond acceptors (Lipinski definition) is 7. The van der Waals surface area contributed by atoms with Crippen molar-refractivity contribution in [1.29, 1.82) is 0 Å². The Morgan fingerprint density at radius 3 is 2.02 bits per heavy atom. The van der Waals surface area contributed by atoms with Gasteiger partial charge in [-0.2, -0.15) is 0 Å². The summed E-state index contributed by atoms with van der Waals surface area (Å²) in [5, 5.41) is 20.5. The zero-order valence-corrected chi connectivity index (χ0v) is 33.3. The lowest BCUT2D eigenvalue weighted by Crippen LogP contribution is -2.50. The number of benzene rings is 5. The first-order valence-electron chi connectivity index (χ1n) is 19.9. The lowest BCUT2D eigenvalue weighted by atomic mass is 9.95. The van der Waals surface area contributed by atoms with Crippen molar-refractivity contribution < 1.29 is 33.8 Å². The summed E-state index contributed by atoms with van der Waals surface area (Å²) < 4.78 is 11.6. The third kappa shape index (κ3) is 14.1. The number of allylic oxidation sites excluding steroid dienone is 2. The van der Waals surface area contributed by atoms with E-state index >= 15 is 0 Å². The molecule has 0 aliphatic heterocycles. The van der Waals surface area contributed by atoms with E-state index in [9.17, 15) is 24.3 Å². The Hall–Kier alpha value is -6.52. The lowest BCUT2D eigenvalue weighted by Gasteiger charge is -2.24. The molecule has 0 unspecified atom stereocenters. The Balaban J connectivity index is 1.23. The van der Waals surface area contributed by atoms with E-state index in [0.717, 1.165) is 27.5 Å². The van der Waals surface area contributed by atoms with Crippen LogP contribution in [0, 0.1) is 11.8 Å². The Kier molecular flexibility index (Phi) is 17.0. The zero-order valence-electron chi connectivity index (χ0n) is 33.3. The fourth-order valence-electron chi connectivity index (χ4n) is 6.68. The van der Waals surface area contributed by atoms with E-state index in [1.807, 2.05) is 121 Å². The fraction of sp³-hybridized carbons (Fsp3) is 0.265. The number of esters is 1. The van der Waals surface area contributed by atoms with Crippen LogP contribution in [-0.2, 0) is 43.4 Å². The van der Waals surface area contributed by atoms with Crippen molar-refractivity contribution in [2.24, 2.45) is 11.8 Å². The van der Waals surface area contributed by atoms with E-state index in [4.69, 9.17) is 9.47 Å². The standard InChI is InChI=1S/C49H53N3O7/c1-3-5-19-41(28-35-15-8-6-9-16-35)49(57)59-34-45(48(56)51-42-25-24-38-20-12-13-21-39(38)30-42)52-47(55)40(14-4-2)31-46(54)50-43(32-53)29-36-22-26-44(27-23-36)58-33-37-17-10-7-11-18-37/h3-4,6-13,15-18,20-27,30,40-41,43,45,53H,1-2,5,14,19,28-29,31-34H2,(H,50,54)(H,51,56)(H,52,55)/t40-,41+,43-,45-/m0/s1. The van der Waals surface area contributed by atoms with Crippen LogP contribution >= 0.6 is 0 Å². The maximum absolute atomic E-state index is 13.9. The first-order valence-corrected chi connectivity index (χ1v) is 19.9. The van der Waals surface area contributed by atoms with E-state index in [2.05, 4.69) is 29.1 Å². The highest BCUT2D eigenvalue weighted by atomic mass is 16.5. The molecule has 3 amide bonds.